The van der Waals surface area contributed by atoms with E-state index in [-0.39, 0.29) is 0 Å². The third kappa shape index (κ3) is 3.48. The molecule has 0 aromatic carbocycles. The molecule has 0 aliphatic rings. The summed E-state index contributed by atoms with van der Waals surface area (Å²) in [6.07, 6.45) is 6.65. The lowest BCUT2D eigenvalue weighted by atomic mass is 10.4. The standard InChI is InChI=1S/C12H17N5/c1-13-11-4-2-5-12(16-11)15-6-3-8-17-9-7-14-10-17/h2,4-5,7,9-10H,3,6,8H2,1H3,(H2,13,15,16). The molecule has 0 radical (unpaired) electrons. The van der Waals surface area contributed by atoms with Crippen molar-refractivity contribution in [3.63, 3.8) is 0 Å². The Morgan fingerprint density at radius 2 is 2.18 bits per heavy atom. The molecule has 0 unspecified atom stereocenters. The summed E-state index contributed by atoms with van der Waals surface area (Å²) >= 11 is 0. The number of hydrogen-bond donors (Lipinski definition) is 2. The topological polar surface area (TPSA) is 54.8 Å². The summed E-state index contributed by atoms with van der Waals surface area (Å²) in [5, 5.41) is 6.31. The highest BCUT2D eigenvalue weighted by atomic mass is 15.1. The number of hydrogen-bond acceptors (Lipinski definition) is 4. The van der Waals surface area contributed by atoms with Gasteiger partial charge in [0.05, 0.1) is 6.33 Å². The van der Waals surface area contributed by atoms with Crippen molar-refractivity contribution in [1.82, 2.24) is 14.5 Å². The number of imidazole rings is 1. The minimum absolute atomic E-state index is 0.879. The summed E-state index contributed by atoms with van der Waals surface area (Å²) in [7, 11) is 1.87. The van der Waals surface area contributed by atoms with E-state index < -0.39 is 0 Å². The molecule has 2 aromatic rings. The third-order valence-electron chi connectivity index (χ3n) is 2.46. The monoisotopic (exact) mass is 231 g/mol. The fourth-order valence-corrected chi connectivity index (χ4v) is 1.57. The van der Waals surface area contributed by atoms with Crippen LogP contribution in [0.2, 0.25) is 0 Å². The van der Waals surface area contributed by atoms with Gasteiger partial charge in [-0.1, -0.05) is 6.07 Å². The van der Waals surface area contributed by atoms with Crippen molar-refractivity contribution in [2.75, 3.05) is 24.2 Å². The Bertz CT molecular complexity index is 438. The lowest BCUT2D eigenvalue weighted by molar-refractivity contribution is 0.660. The predicted molar refractivity (Wildman–Crippen MR) is 69.1 cm³/mol. The van der Waals surface area contributed by atoms with Gasteiger partial charge in [0.2, 0.25) is 0 Å². The van der Waals surface area contributed by atoms with Gasteiger partial charge >= 0.3 is 0 Å². The van der Waals surface area contributed by atoms with Crippen molar-refractivity contribution in [2.45, 2.75) is 13.0 Å². The highest BCUT2D eigenvalue weighted by Crippen LogP contribution is 2.08. The van der Waals surface area contributed by atoms with Gasteiger partial charge in [-0.05, 0) is 18.6 Å². The number of nitrogens with zero attached hydrogens (tertiary/aromatic N) is 3. The van der Waals surface area contributed by atoms with E-state index in [2.05, 4.69) is 25.2 Å². The lowest BCUT2D eigenvalue weighted by Gasteiger charge is -2.07. The highest BCUT2D eigenvalue weighted by Gasteiger charge is 1.95. The zero-order chi connectivity index (χ0) is 11.9. The molecule has 0 aliphatic carbocycles. The summed E-state index contributed by atoms with van der Waals surface area (Å²) in [5.41, 5.74) is 0. The zero-order valence-corrected chi connectivity index (χ0v) is 9.93. The largest absolute Gasteiger partial charge is 0.373 e. The smallest absolute Gasteiger partial charge is 0.128 e. The molecule has 2 aromatic heterocycles. The van der Waals surface area contributed by atoms with E-state index in [0.29, 0.717) is 0 Å². The normalized spacial score (nSPS) is 10.2. The zero-order valence-electron chi connectivity index (χ0n) is 9.93. The van der Waals surface area contributed by atoms with E-state index in [1.54, 1.807) is 6.20 Å². The van der Waals surface area contributed by atoms with Crippen LogP contribution in [-0.4, -0.2) is 28.1 Å². The first-order valence-electron chi connectivity index (χ1n) is 5.73. The molecule has 0 saturated heterocycles. The van der Waals surface area contributed by atoms with Crippen LogP contribution in [0.1, 0.15) is 6.42 Å². The molecular weight excluding hydrogens is 214 g/mol. The van der Waals surface area contributed by atoms with Crippen LogP contribution in [0.3, 0.4) is 0 Å². The summed E-state index contributed by atoms with van der Waals surface area (Å²) in [4.78, 5) is 8.39. The number of aromatic nitrogens is 3. The number of aryl methyl sites for hydroxylation is 1. The second kappa shape index (κ2) is 5.89. The molecule has 2 heterocycles. The number of anilines is 2. The van der Waals surface area contributed by atoms with Crippen molar-refractivity contribution in [3.05, 3.63) is 36.9 Å². The van der Waals surface area contributed by atoms with Crippen LogP contribution < -0.4 is 10.6 Å². The van der Waals surface area contributed by atoms with Crippen LogP contribution in [0.5, 0.6) is 0 Å². The summed E-state index contributed by atoms with van der Waals surface area (Å²) in [6.45, 7) is 1.87. The molecule has 5 heteroatoms. The van der Waals surface area contributed by atoms with Gasteiger partial charge in [0.15, 0.2) is 0 Å². The van der Waals surface area contributed by atoms with E-state index >= 15 is 0 Å². The van der Waals surface area contributed by atoms with Crippen molar-refractivity contribution in [3.8, 4) is 0 Å². The molecule has 0 fully saturated rings. The summed E-state index contributed by atoms with van der Waals surface area (Å²) < 4.78 is 2.07. The lowest BCUT2D eigenvalue weighted by Crippen LogP contribution is -2.07. The maximum Gasteiger partial charge on any atom is 0.128 e. The Labute approximate surface area is 101 Å². The van der Waals surface area contributed by atoms with Gasteiger partial charge in [0.1, 0.15) is 11.6 Å². The Kier molecular flexibility index (Phi) is 3.96. The van der Waals surface area contributed by atoms with Crippen molar-refractivity contribution in [1.29, 1.82) is 0 Å². The highest BCUT2D eigenvalue weighted by molar-refractivity contribution is 5.44. The number of rotatable bonds is 6. The molecular formula is C12H17N5. The Morgan fingerprint density at radius 3 is 2.94 bits per heavy atom. The molecule has 0 aliphatic heterocycles. The van der Waals surface area contributed by atoms with Crippen LogP contribution in [-0.2, 0) is 6.54 Å². The Hall–Kier alpha value is -2.04. The first-order chi connectivity index (χ1) is 8.38. The van der Waals surface area contributed by atoms with Gasteiger partial charge in [-0.15, -0.1) is 0 Å². The Morgan fingerprint density at radius 1 is 1.29 bits per heavy atom. The first kappa shape index (κ1) is 11.4. The van der Waals surface area contributed by atoms with Crippen LogP contribution in [0.25, 0.3) is 0 Å². The maximum atomic E-state index is 4.38. The number of nitrogens with one attached hydrogen (secondary N) is 2. The van der Waals surface area contributed by atoms with E-state index in [9.17, 15) is 0 Å². The summed E-state index contributed by atoms with van der Waals surface area (Å²) in [5.74, 6) is 1.78. The first-order valence-corrected chi connectivity index (χ1v) is 5.73. The van der Waals surface area contributed by atoms with Gasteiger partial charge in [-0.2, -0.15) is 0 Å². The second-order valence-electron chi connectivity index (χ2n) is 3.74. The van der Waals surface area contributed by atoms with Crippen LogP contribution >= 0.6 is 0 Å². The predicted octanol–water partition coefficient (Wildman–Crippen LogP) is 1.82. The van der Waals surface area contributed by atoms with Crippen LogP contribution in [0, 0.1) is 0 Å². The SMILES string of the molecule is CNc1cccc(NCCCn2ccnc2)n1. The molecule has 0 atom stereocenters. The van der Waals surface area contributed by atoms with Crippen LogP contribution in [0.15, 0.2) is 36.9 Å². The molecule has 90 valence electrons. The summed E-state index contributed by atoms with van der Waals surface area (Å²) in [6, 6.07) is 5.89. The molecule has 0 spiro atoms. The van der Waals surface area contributed by atoms with E-state index in [4.69, 9.17) is 0 Å². The van der Waals surface area contributed by atoms with Crippen LogP contribution in [0.4, 0.5) is 11.6 Å². The minimum atomic E-state index is 0.879. The quantitative estimate of drug-likeness (QED) is 0.745. The van der Waals surface area contributed by atoms with E-state index in [1.807, 2.05) is 37.8 Å². The Balaban J connectivity index is 1.74. The average Bonchev–Trinajstić information content (AvgIpc) is 2.88. The van der Waals surface area contributed by atoms with Gasteiger partial charge in [0.25, 0.3) is 0 Å². The van der Waals surface area contributed by atoms with E-state index in [1.165, 1.54) is 0 Å². The molecule has 2 rings (SSSR count). The average molecular weight is 231 g/mol. The minimum Gasteiger partial charge on any atom is -0.373 e. The fraction of sp³-hybridized carbons (Fsp3) is 0.333. The molecule has 5 nitrogen and oxygen atoms in total. The third-order valence-corrected chi connectivity index (χ3v) is 2.46. The molecule has 0 saturated carbocycles. The second-order valence-corrected chi connectivity index (χ2v) is 3.74. The van der Waals surface area contributed by atoms with Crippen molar-refractivity contribution in [2.24, 2.45) is 0 Å². The fourth-order valence-electron chi connectivity index (χ4n) is 1.57. The van der Waals surface area contributed by atoms with Gasteiger partial charge in [-0.25, -0.2) is 9.97 Å². The van der Waals surface area contributed by atoms with Crippen molar-refractivity contribution >= 4 is 11.6 Å². The van der Waals surface area contributed by atoms with Gasteiger partial charge in [0, 0.05) is 32.5 Å². The van der Waals surface area contributed by atoms with Crippen molar-refractivity contribution < 1.29 is 0 Å². The van der Waals surface area contributed by atoms with Gasteiger partial charge in [-0.3, -0.25) is 0 Å². The van der Waals surface area contributed by atoms with E-state index in [0.717, 1.165) is 31.1 Å². The molecule has 0 amide bonds. The number of pyridine rings is 1. The van der Waals surface area contributed by atoms with Gasteiger partial charge < -0.3 is 15.2 Å². The molecule has 17 heavy (non-hydrogen) atoms. The molecule has 0 bridgehead atoms. The molecule has 2 N–H and O–H groups in total. The maximum absolute atomic E-state index is 4.38.